The largest absolute Gasteiger partial charge is 0.347 e. The Morgan fingerprint density at radius 3 is 2.76 bits per heavy atom. The van der Waals surface area contributed by atoms with E-state index in [-0.39, 0.29) is 11.7 Å². The molecule has 1 N–H and O–H groups in total. The second kappa shape index (κ2) is 6.15. The molecule has 1 aromatic carbocycles. The van der Waals surface area contributed by atoms with Crippen LogP contribution >= 0.6 is 22.7 Å². The number of hydrogen-bond donors (Lipinski definition) is 1. The third-order valence-corrected chi connectivity index (χ3v) is 4.86. The number of aromatic nitrogens is 1. The average Bonchev–Trinajstić information content (AvgIpc) is 3.17. The molecule has 3 nitrogen and oxygen atoms in total. The molecule has 21 heavy (non-hydrogen) atoms. The van der Waals surface area contributed by atoms with Crippen LogP contribution in [0.25, 0.3) is 9.88 Å². The van der Waals surface area contributed by atoms with Crippen LogP contribution in [0.3, 0.4) is 0 Å². The van der Waals surface area contributed by atoms with Crippen LogP contribution in [0.15, 0.2) is 48.0 Å². The van der Waals surface area contributed by atoms with Gasteiger partial charge in [-0.25, -0.2) is 9.37 Å². The van der Waals surface area contributed by atoms with E-state index in [4.69, 9.17) is 0 Å². The fraction of sp³-hybridized carbons (Fsp3) is 0.0667. The van der Waals surface area contributed by atoms with E-state index in [1.165, 1.54) is 23.5 Å². The fourth-order valence-corrected chi connectivity index (χ4v) is 3.40. The first-order chi connectivity index (χ1) is 10.2. The molecule has 0 radical (unpaired) electrons. The molecule has 0 fully saturated rings. The summed E-state index contributed by atoms with van der Waals surface area (Å²) >= 11 is 2.96. The molecule has 0 unspecified atom stereocenters. The number of nitrogens with zero attached hydrogens (tertiary/aromatic N) is 1. The Morgan fingerprint density at radius 2 is 2.05 bits per heavy atom. The lowest BCUT2D eigenvalue weighted by molar-refractivity contribution is 0.0955. The third kappa shape index (κ3) is 3.34. The predicted molar refractivity (Wildman–Crippen MR) is 83.0 cm³/mol. The third-order valence-electron chi connectivity index (χ3n) is 2.83. The first-order valence-corrected chi connectivity index (χ1v) is 7.94. The Morgan fingerprint density at radius 1 is 1.24 bits per heavy atom. The minimum atomic E-state index is -0.284. The number of hydrogen-bond acceptors (Lipinski definition) is 4. The van der Waals surface area contributed by atoms with E-state index in [1.54, 1.807) is 29.7 Å². The van der Waals surface area contributed by atoms with Crippen LogP contribution in [-0.4, -0.2) is 10.9 Å². The summed E-state index contributed by atoms with van der Waals surface area (Å²) in [4.78, 5) is 17.9. The smallest absolute Gasteiger partial charge is 0.263 e. The lowest BCUT2D eigenvalue weighted by atomic mass is 10.2. The first kappa shape index (κ1) is 13.9. The summed E-state index contributed by atoms with van der Waals surface area (Å²) in [5.41, 5.74) is 0.854. The van der Waals surface area contributed by atoms with Crippen LogP contribution in [0.5, 0.6) is 0 Å². The predicted octanol–water partition coefficient (Wildman–Crippen LogP) is 3.94. The molecular formula is C15H11FN2OS2. The van der Waals surface area contributed by atoms with Gasteiger partial charge >= 0.3 is 0 Å². The minimum Gasteiger partial charge on any atom is -0.347 e. The number of thiophene rings is 1. The molecule has 0 aliphatic carbocycles. The Bertz CT molecular complexity index is 735. The van der Waals surface area contributed by atoms with Crippen molar-refractivity contribution in [2.24, 2.45) is 0 Å². The number of rotatable bonds is 4. The maximum absolute atomic E-state index is 12.8. The molecule has 6 heteroatoms. The molecule has 0 atom stereocenters. The molecule has 2 heterocycles. The summed E-state index contributed by atoms with van der Waals surface area (Å²) in [6.07, 6.45) is 1.58. The number of nitrogens with one attached hydrogen (secondary N) is 1. The molecule has 0 saturated heterocycles. The summed E-state index contributed by atoms with van der Waals surface area (Å²) in [7, 11) is 0. The zero-order valence-electron chi connectivity index (χ0n) is 10.9. The average molecular weight is 318 g/mol. The van der Waals surface area contributed by atoms with E-state index in [2.05, 4.69) is 10.3 Å². The van der Waals surface area contributed by atoms with Gasteiger partial charge in [-0.1, -0.05) is 18.2 Å². The van der Waals surface area contributed by atoms with Gasteiger partial charge in [0.2, 0.25) is 0 Å². The molecule has 3 rings (SSSR count). The standard InChI is InChI=1S/C15H11FN2OS2/c16-11-5-3-10(4-6-11)8-17-14(19)13-9-18-15(21-13)12-2-1-7-20-12/h1-7,9H,8H2,(H,17,19). The van der Waals surface area contributed by atoms with Crippen molar-refractivity contribution in [1.29, 1.82) is 0 Å². The number of carbonyl (C=O) groups excluding carboxylic acids is 1. The van der Waals surface area contributed by atoms with Crippen molar-refractivity contribution in [3.63, 3.8) is 0 Å². The second-order valence-electron chi connectivity index (χ2n) is 4.32. The summed E-state index contributed by atoms with van der Waals surface area (Å²) in [6.45, 7) is 0.366. The summed E-state index contributed by atoms with van der Waals surface area (Å²) in [6, 6.07) is 9.99. The van der Waals surface area contributed by atoms with Crippen molar-refractivity contribution >= 4 is 28.6 Å². The molecule has 0 bridgehead atoms. The number of halogens is 1. The second-order valence-corrected chi connectivity index (χ2v) is 6.29. The van der Waals surface area contributed by atoms with Crippen LogP contribution in [0, 0.1) is 5.82 Å². The van der Waals surface area contributed by atoms with Crippen LogP contribution in [0.1, 0.15) is 15.2 Å². The van der Waals surface area contributed by atoms with Gasteiger partial charge in [-0.05, 0) is 29.1 Å². The highest BCUT2D eigenvalue weighted by Crippen LogP contribution is 2.28. The monoisotopic (exact) mass is 318 g/mol. The van der Waals surface area contributed by atoms with Gasteiger partial charge in [-0.2, -0.15) is 0 Å². The molecule has 0 aliphatic rings. The van der Waals surface area contributed by atoms with Crippen LogP contribution in [0.2, 0.25) is 0 Å². The Hall–Kier alpha value is -2.05. The highest BCUT2D eigenvalue weighted by molar-refractivity contribution is 7.21. The maximum Gasteiger partial charge on any atom is 0.263 e. The molecule has 2 aromatic heterocycles. The molecule has 1 amide bonds. The number of benzene rings is 1. The van der Waals surface area contributed by atoms with Gasteiger partial charge in [0.15, 0.2) is 0 Å². The van der Waals surface area contributed by atoms with E-state index in [1.807, 2.05) is 17.5 Å². The van der Waals surface area contributed by atoms with E-state index >= 15 is 0 Å². The molecule has 0 aliphatic heterocycles. The molecule has 3 aromatic rings. The van der Waals surface area contributed by atoms with Gasteiger partial charge in [0.25, 0.3) is 5.91 Å². The summed E-state index contributed by atoms with van der Waals surface area (Å²) < 4.78 is 12.8. The minimum absolute atomic E-state index is 0.167. The van der Waals surface area contributed by atoms with Gasteiger partial charge < -0.3 is 5.32 Å². The molecule has 0 saturated carbocycles. The lowest BCUT2D eigenvalue weighted by Crippen LogP contribution is -2.21. The van der Waals surface area contributed by atoms with Crippen LogP contribution in [-0.2, 0) is 6.54 Å². The van der Waals surface area contributed by atoms with Gasteiger partial charge in [0, 0.05) is 6.54 Å². The van der Waals surface area contributed by atoms with Crippen molar-refractivity contribution in [2.45, 2.75) is 6.54 Å². The number of carbonyl (C=O) groups is 1. The van der Waals surface area contributed by atoms with E-state index in [0.717, 1.165) is 15.4 Å². The van der Waals surface area contributed by atoms with Crippen LogP contribution in [0.4, 0.5) is 4.39 Å². The highest BCUT2D eigenvalue weighted by atomic mass is 32.1. The van der Waals surface area contributed by atoms with Crippen LogP contribution < -0.4 is 5.32 Å². The molecular weight excluding hydrogens is 307 g/mol. The Kier molecular flexibility index (Phi) is 4.08. The van der Waals surface area contributed by atoms with Gasteiger partial charge in [0.05, 0.1) is 11.1 Å². The number of thiazole rings is 1. The topological polar surface area (TPSA) is 42.0 Å². The summed E-state index contributed by atoms with van der Waals surface area (Å²) in [5.74, 6) is -0.451. The van der Waals surface area contributed by atoms with Gasteiger partial charge in [-0.3, -0.25) is 4.79 Å². The van der Waals surface area contributed by atoms with E-state index in [0.29, 0.717) is 11.4 Å². The SMILES string of the molecule is O=C(NCc1ccc(F)cc1)c1cnc(-c2cccs2)s1. The summed E-state index contributed by atoms with van der Waals surface area (Å²) in [5, 5.41) is 5.63. The molecule has 0 spiro atoms. The van der Waals surface area contributed by atoms with Crippen molar-refractivity contribution in [2.75, 3.05) is 0 Å². The van der Waals surface area contributed by atoms with Gasteiger partial charge in [-0.15, -0.1) is 22.7 Å². The van der Waals surface area contributed by atoms with Crippen molar-refractivity contribution in [3.8, 4) is 9.88 Å². The molecule has 106 valence electrons. The van der Waals surface area contributed by atoms with Gasteiger partial charge in [0.1, 0.15) is 15.7 Å². The van der Waals surface area contributed by atoms with Crippen molar-refractivity contribution in [1.82, 2.24) is 10.3 Å². The quantitative estimate of drug-likeness (QED) is 0.791. The lowest BCUT2D eigenvalue weighted by Gasteiger charge is -2.03. The zero-order valence-corrected chi connectivity index (χ0v) is 12.5. The Labute approximate surface area is 129 Å². The highest BCUT2D eigenvalue weighted by Gasteiger charge is 2.11. The number of amides is 1. The van der Waals surface area contributed by atoms with E-state index < -0.39 is 0 Å². The van der Waals surface area contributed by atoms with Crippen molar-refractivity contribution in [3.05, 3.63) is 64.2 Å². The Balaban J connectivity index is 1.64. The van der Waals surface area contributed by atoms with Crippen molar-refractivity contribution < 1.29 is 9.18 Å². The normalized spacial score (nSPS) is 10.5. The maximum atomic E-state index is 12.8. The fourth-order valence-electron chi connectivity index (χ4n) is 1.76. The first-order valence-electron chi connectivity index (χ1n) is 6.25. The van der Waals surface area contributed by atoms with E-state index in [9.17, 15) is 9.18 Å². The zero-order chi connectivity index (χ0) is 14.7.